The van der Waals surface area contributed by atoms with E-state index in [2.05, 4.69) is 10.6 Å². The molecule has 0 atom stereocenters. The van der Waals surface area contributed by atoms with E-state index in [1.807, 2.05) is 17.0 Å². The van der Waals surface area contributed by atoms with Crippen LogP contribution < -0.4 is 10.6 Å². The highest BCUT2D eigenvalue weighted by Crippen LogP contribution is 2.37. The summed E-state index contributed by atoms with van der Waals surface area (Å²) in [7, 11) is 0. The summed E-state index contributed by atoms with van der Waals surface area (Å²) in [6.07, 6.45) is 3.35. The van der Waals surface area contributed by atoms with Gasteiger partial charge in [-0.2, -0.15) is 0 Å². The van der Waals surface area contributed by atoms with Gasteiger partial charge in [0.15, 0.2) is 0 Å². The highest BCUT2D eigenvalue weighted by Gasteiger charge is 2.38. The Labute approximate surface area is 164 Å². The van der Waals surface area contributed by atoms with E-state index in [9.17, 15) is 14.4 Å². The van der Waals surface area contributed by atoms with Crippen LogP contribution in [0.25, 0.3) is 0 Å². The molecule has 0 aliphatic carbocycles. The van der Waals surface area contributed by atoms with Crippen molar-refractivity contribution in [2.45, 2.75) is 25.8 Å². The molecule has 0 unspecified atom stereocenters. The molecule has 4 rings (SSSR count). The summed E-state index contributed by atoms with van der Waals surface area (Å²) < 4.78 is 0. The maximum absolute atomic E-state index is 12.7. The summed E-state index contributed by atoms with van der Waals surface area (Å²) in [4.78, 5) is 39.1. The number of nitrogens with zero attached hydrogens (tertiary/aromatic N) is 2. The number of halogens is 1. The zero-order chi connectivity index (χ0) is 18.1. The van der Waals surface area contributed by atoms with Crippen molar-refractivity contribution in [3.05, 3.63) is 35.4 Å². The predicted octanol–water partition coefficient (Wildman–Crippen LogP) is 1.38. The lowest BCUT2D eigenvalue weighted by Crippen LogP contribution is -2.44. The minimum absolute atomic E-state index is 0. The van der Waals surface area contributed by atoms with Gasteiger partial charge >= 0.3 is 6.03 Å². The molecule has 146 valence electrons. The topological polar surface area (TPSA) is 81.8 Å². The highest BCUT2D eigenvalue weighted by atomic mass is 35.5. The van der Waals surface area contributed by atoms with Crippen LogP contribution in [0, 0.1) is 5.41 Å². The van der Waals surface area contributed by atoms with E-state index in [1.54, 1.807) is 12.1 Å². The number of piperidine rings is 1. The van der Waals surface area contributed by atoms with Crippen LogP contribution in [-0.2, 0) is 11.3 Å². The summed E-state index contributed by atoms with van der Waals surface area (Å²) in [5.74, 6) is -0.161. The van der Waals surface area contributed by atoms with Crippen molar-refractivity contribution < 1.29 is 14.4 Å². The van der Waals surface area contributed by atoms with Crippen molar-refractivity contribution in [3.63, 3.8) is 0 Å². The molecule has 3 aliphatic heterocycles. The third-order valence-electron chi connectivity index (χ3n) is 5.92. The second-order valence-electron chi connectivity index (χ2n) is 7.55. The van der Waals surface area contributed by atoms with Gasteiger partial charge < -0.3 is 15.5 Å². The number of benzene rings is 1. The van der Waals surface area contributed by atoms with E-state index in [0.717, 1.165) is 44.6 Å². The number of nitrogens with one attached hydrogen (secondary N) is 2. The van der Waals surface area contributed by atoms with Gasteiger partial charge in [0, 0.05) is 25.2 Å². The molecule has 0 aromatic heterocycles. The molecule has 2 N–H and O–H groups in total. The average Bonchev–Trinajstić information content (AvgIpc) is 3.24. The van der Waals surface area contributed by atoms with E-state index < -0.39 is 0 Å². The van der Waals surface area contributed by atoms with Gasteiger partial charge in [-0.3, -0.25) is 14.5 Å². The van der Waals surface area contributed by atoms with Crippen LogP contribution in [0.2, 0.25) is 0 Å². The molecule has 4 amide bonds. The third kappa shape index (κ3) is 3.94. The van der Waals surface area contributed by atoms with Gasteiger partial charge in [-0.1, -0.05) is 12.1 Å². The molecular weight excluding hydrogens is 368 g/mol. The van der Waals surface area contributed by atoms with Crippen molar-refractivity contribution in [3.8, 4) is 0 Å². The summed E-state index contributed by atoms with van der Waals surface area (Å²) in [5, 5.41) is 5.95. The minimum Gasteiger partial charge on any atom is -0.339 e. The van der Waals surface area contributed by atoms with Crippen LogP contribution in [0.5, 0.6) is 0 Å². The van der Waals surface area contributed by atoms with Crippen molar-refractivity contribution >= 4 is 30.3 Å². The molecule has 1 spiro atoms. The predicted molar refractivity (Wildman–Crippen MR) is 103 cm³/mol. The minimum atomic E-state index is -0.362. The summed E-state index contributed by atoms with van der Waals surface area (Å²) in [6, 6.07) is 6.85. The Balaban J connectivity index is 0.00000210. The van der Waals surface area contributed by atoms with Gasteiger partial charge in [0.1, 0.15) is 0 Å². The lowest BCUT2D eigenvalue weighted by Gasteiger charge is -2.38. The molecule has 1 aromatic carbocycles. The van der Waals surface area contributed by atoms with Crippen LogP contribution in [0.15, 0.2) is 24.3 Å². The second-order valence-corrected chi connectivity index (χ2v) is 7.55. The molecule has 3 aliphatic rings. The van der Waals surface area contributed by atoms with Crippen molar-refractivity contribution in [1.82, 2.24) is 20.4 Å². The SMILES string of the molecule is Cl.O=C(c1ccc(CN2C(=O)CNC2=O)cc1)N1CCC2(CCNC2)CC1. The number of likely N-dealkylation sites (tertiary alicyclic amines) is 1. The van der Waals surface area contributed by atoms with Gasteiger partial charge in [0.25, 0.3) is 5.91 Å². The van der Waals surface area contributed by atoms with E-state index in [0.29, 0.717) is 11.0 Å². The number of carbonyl (C=O) groups is 3. The van der Waals surface area contributed by atoms with Gasteiger partial charge in [0.05, 0.1) is 13.1 Å². The van der Waals surface area contributed by atoms with Crippen molar-refractivity contribution in [1.29, 1.82) is 0 Å². The molecule has 3 heterocycles. The lowest BCUT2D eigenvalue weighted by atomic mass is 9.78. The number of carbonyl (C=O) groups excluding carboxylic acids is 3. The Morgan fingerprint density at radius 3 is 2.33 bits per heavy atom. The average molecular weight is 393 g/mol. The van der Waals surface area contributed by atoms with Gasteiger partial charge in [-0.05, 0) is 48.9 Å². The molecule has 27 heavy (non-hydrogen) atoms. The number of hydrogen-bond donors (Lipinski definition) is 2. The molecule has 7 nitrogen and oxygen atoms in total. The van der Waals surface area contributed by atoms with Crippen LogP contribution in [0.1, 0.15) is 35.2 Å². The fraction of sp³-hybridized carbons (Fsp3) is 0.526. The molecule has 0 bridgehead atoms. The quantitative estimate of drug-likeness (QED) is 0.761. The Kier molecular flexibility index (Phi) is 5.72. The van der Waals surface area contributed by atoms with E-state index >= 15 is 0 Å². The van der Waals surface area contributed by atoms with Crippen LogP contribution in [-0.4, -0.2) is 60.4 Å². The standard InChI is InChI=1S/C19H24N4O3.ClH/c24-16-11-21-18(26)23(16)12-14-1-3-15(4-2-14)17(25)22-9-6-19(7-10-22)5-8-20-13-19;/h1-4,20H,5-13H2,(H,21,26);1H. The summed E-state index contributed by atoms with van der Waals surface area (Å²) in [6.45, 7) is 4.08. The number of urea groups is 1. The molecule has 8 heteroatoms. The largest absolute Gasteiger partial charge is 0.339 e. The molecule has 0 saturated carbocycles. The number of imide groups is 1. The number of rotatable bonds is 3. The van der Waals surface area contributed by atoms with Crippen molar-refractivity contribution in [2.75, 3.05) is 32.7 Å². The van der Waals surface area contributed by atoms with Crippen LogP contribution in [0.4, 0.5) is 4.79 Å². The third-order valence-corrected chi connectivity index (χ3v) is 5.92. The fourth-order valence-corrected chi connectivity index (χ4v) is 4.14. The molecule has 1 aromatic rings. The first kappa shape index (κ1) is 19.6. The van der Waals surface area contributed by atoms with Gasteiger partial charge in [-0.25, -0.2) is 4.79 Å². The molecular formula is C19H25ClN4O3. The number of amides is 4. The molecule has 3 saturated heterocycles. The Bertz CT molecular complexity index is 705. The zero-order valence-corrected chi connectivity index (χ0v) is 16.0. The second kappa shape index (κ2) is 7.86. The van der Waals surface area contributed by atoms with Crippen molar-refractivity contribution in [2.24, 2.45) is 5.41 Å². The fourth-order valence-electron chi connectivity index (χ4n) is 4.14. The summed E-state index contributed by atoms with van der Waals surface area (Å²) >= 11 is 0. The highest BCUT2D eigenvalue weighted by molar-refractivity contribution is 6.01. The first-order valence-corrected chi connectivity index (χ1v) is 9.24. The maximum Gasteiger partial charge on any atom is 0.324 e. The first-order chi connectivity index (χ1) is 12.6. The smallest absolute Gasteiger partial charge is 0.324 e. The number of hydrogen-bond acceptors (Lipinski definition) is 4. The monoisotopic (exact) mass is 392 g/mol. The van der Waals surface area contributed by atoms with Crippen LogP contribution in [0.3, 0.4) is 0 Å². The first-order valence-electron chi connectivity index (χ1n) is 9.24. The Morgan fingerprint density at radius 2 is 1.78 bits per heavy atom. The van der Waals surface area contributed by atoms with E-state index in [1.165, 1.54) is 11.3 Å². The normalized spacial score (nSPS) is 21.3. The molecule has 0 radical (unpaired) electrons. The summed E-state index contributed by atoms with van der Waals surface area (Å²) in [5.41, 5.74) is 1.89. The van der Waals surface area contributed by atoms with E-state index in [4.69, 9.17) is 0 Å². The Hall–Kier alpha value is -2.12. The van der Waals surface area contributed by atoms with E-state index in [-0.39, 0.29) is 43.3 Å². The molecule has 3 fully saturated rings. The maximum atomic E-state index is 12.7. The lowest BCUT2D eigenvalue weighted by molar-refractivity contribution is -0.125. The van der Waals surface area contributed by atoms with Crippen LogP contribution >= 0.6 is 12.4 Å². The zero-order valence-electron chi connectivity index (χ0n) is 15.2. The van der Waals surface area contributed by atoms with Gasteiger partial charge in [-0.15, -0.1) is 12.4 Å². The Morgan fingerprint density at radius 1 is 1.07 bits per heavy atom. The van der Waals surface area contributed by atoms with Gasteiger partial charge in [0.2, 0.25) is 5.91 Å².